The molecule has 0 unspecified atom stereocenters. The summed E-state index contributed by atoms with van der Waals surface area (Å²) in [5.74, 6) is -1.49. The first kappa shape index (κ1) is 17.4. The van der Waals surface area contributed by atoms with E-state index in [-0.39, 0.29) is 12.8 Å². The van der Waals surface area contributed by atoms with Crippen molar-refractivity contribution in [3.63, 3.8) is 0 Å². The van der Waals surface area contributed by atoms with Gasteiger partial charge in [-0.25, -0.2) is 4.79 Å². The second-order valence-corrected chi connectivity index (χ2v) is 6.67. The highest BCUT2D eigenvalue weighted by Crippen LogP contribution is 2.24. The Labute approximate surface area is 136 Å². The molecule has 0 radical (unpaired) electrons. The topological polar surface area (TPSA) is 95.5 Å². The number of halogens is 1. The second kappa shape index (κ2) is 7.39. The number of benzene rings is 1. The molecule has 0 aliphatic carbocycles. The summed E-state index contributed by atoms with van der Waals surface area (Å²) in [6.07, 6.45) is -0.182. The van der Waals surface area contributed by atoms with Gasteiger partial charge in [0.25, 0.3) is 0 Å². The van der Waals surface area contributed by atoms with E-state index >= 15 is 0 Å². The van der Waals surface area contributed by atoms with E-state index in [9.17, 15) is 14.4 Å². The lowest BCUT2D eigenvalue weighted by atomic mass is 9.85. The van der Waals surface area contributed by atoms with Gasteiger partial charge in [0.1, 0.15) is 0 Å². The van der Waals surface area contributed by atoms with Crippen LogP contribution in [-0.2, 0) is 9.59 Å². The maximum absolute atomic E-state index is 11.7. The van der Waals surface area contributed by atoms with Gasteiger partial charge < -0.3 is 10.4 Å². The van der Waals surface area contributed by atoms with Gasteiger partial charge in [0.15, 0.2) is 0 Å². The molecule has 0 heterocycles. The van der Waals surface area contributed by atoms with Crippen LogP contribution >= 0.6 is 22.6 Å². The molecule has 0 spiro atoms. The third-order valence-electron chi connectivity index (χ3n) is 2.62. The van der Waals surface area contributed by atoms with E-state index in [2.05, 4.69) is 33.2 Å². The average Bonchev–Trinajstić information content (AvgIpc) is 2.28. The summed E-state index contributed by atoms with van der Waals surface area (Å²) in [7, 11) is 0. The second-order valence-electron chi connectivity index (χ2n) is 5.42. The number of carbonyl (C=O) groups excluding carboxylic acids is 2. The third kappa shape index (κ3) is 7.07. The number of urea groups is 1. The molecule has 3 N–H and O–H groups in total. The van der Waals surface area contributed by atoms with E-state index < -0.39 is 23.3 Å². The third-order valence-corrected chi connectivity index (χ3v) is 3.34. The molecule has 1 aromatic carbocycles. The molecule has 1 aromatic rings. The fourth-order valence-electron chi connectivity index (χ4n) is 1.77. The van der Waals surface area contributed by atoms with Crippen LogP contribution in [0.5, 0.6) is 0 Å². The molecule has 114 valence electrons. The molecule has 0 saturated heterocycles. The molecule has 6 nitrogen and oxygen atoms in total. The van der Waals surface area contributed by atoms with Crippen molar-refractivity contribution < 1.29 is 19.5 Å². The van der Waals surface area contributed by atoms with Crippen molar-refractivity contribution in [2.24, 2.45) is 5.41 Å². The minimum absolute atomic E-state index is 0.0423. The lowest BCUT2D eigenvalue weighted by molar-refractivity contribution is -0.139. The van der Waals surface area contributed by atoms with E-state index in [1.807, 2.05) is 12.1 Å². The van der Waals surface area contributed by atoms with Crippen LogP contribution in [0.1, 0.15) is 26.7 Å². The zero-order valence-corrected chi connectivity index (χ0v) is 13.9. The Morgan fingerprint density at radius 1 is 1.14 bits per heavy atom. The van der Waals surface area contributed by atoms with Gasteiger partial charge >= 0.3 is 12.0 Å². The molecule has 0 aliphatic heterocycles. The Balaban J connectivity index is 2.49. The van der Waals surface area contributed by atoms with E-state index in [4.69, 9.17) is 5.11 Å². The Morgan fingerprint density at radius 2 is 1.71 bits per heavy atom. The van der Waals surface area contributed by atoms with Crippen molar-refractivity contribution in [1.29, 1.82) is 0 Å². The number of hydrogen-bond acceptors (Lipinski definition) is 3. The summed E-state index contributed by atoms with van der Waals surface area (Å²) in [4.78, 5) is 34.1. The number of carboxylic acids is 1. The number of rotatable bonds is 5. The molecule has 1 rings (SSSR count). The lowest BCUT2D eigenvalue weighted by Gasteiger charge is -2.21. The number of carboxylic acid groups (broad SMARTS) is 1. The summed E-state index contributed by atoms with van der Waals surface area (Å²) in [5.41, 5.74) is -0.135. The van der Waals surface area contributed by atoms with Crippen LogP contribution in [0.3, 0.4) is 0 Å². The van der Waals surface area contributed by atoms with Gasteiger partial charge in [-0.15, -0.1) is 0 Å². The number of aliphatic carboxylic acids is 1. The molecule has 7 heteroatoms. The van der Waals surface area contributed by atoms with Crippen LogP contribution in [0.4, 0.5) is 10.5 Å². The van der Waals surface area contributed by atoms with Crippen molar-refractivity contribution in [3.05, 3.63) is 27.8 Å². The zero-order chi connectivity index (χ0) is 16.0. The minimum Gasteiger partial charge on any atom is -0.481 e. The highest BCUT2D eigenvalue weighted by molar-refractivity contribution is 14.1. The van der Waals surface area contributed by atoms with Crippen LogP contribution in [0.2, 0.25) is 0 Å². The minimum atomic E-state index is -0.976. The quantitative estimate of drug-likeness (QED) is 0.658. The van der Waals surface area contributed by atoms with Crippen LogP contribution in [0, 0.1) is 8.99 Å². The maximum Gasteiger partial charge on any atom is 0.325 e. The van der Waals surface area contributed by atoms with Crippen molar-refractivity contribution in [3.8, 4) is 0 Å². The van der Waals surface area contributed by atoms with Crippen molar-refractivity contribution in [1.82, 2.24) is 5.32 Å². The van der Waals surface area contributed by atoms with Gasteiger partial charge in [0, 0.05) is 15.7 Å². The van der Waals surface area contributed by atoms with Crippen LogP contribution in [0.25, 0.3) is 0 Å². The first-order valence-electron chi connectivity index (χ1n) is 6.26. The van der Waals surface area contributed by atoms with E-state index in [0.717, 1.165) is 3.57 Å². The number of amides is 3. The number of carbonyl (C=O) groups is 3. The van der Waals surface area contributed by atoms with E-state index in [0.29, 0.717) is 5.69 Å². The summed E-state index contributed by atoms with van der Waals surface area (Å²) in [6.45, 7) is 3.33. The van der Waals surface area contributed by atoms with E-state index in [1.165, 1.54) is 0 Å². The molecule has 0 saturated carbocycles. The highest BCUT2D eigenvalue weighted by atomic mass is 127. The fourth-order valence-corrected chi connectivity index (χ4v) is 2.13. The first-order valence-corrected chi connectivity index (χ1v) is 7.34. The molecule has 0 aliphatic rings. The SMILES string of the molecule is CC(C)(CC(=O)O)CC(=O)NC(=O)Nc1ccc(I)cc1. The number of anilines is 1. The Kier molecular flexibility index (Phi) is 6.13. The molecule has 0 aromatic heterocycles. The zero-order valence-electron chi connectivity index (χ0n) is 11.8. The predicted molar refractivity (Wildman–Crippen MR) is 87.0 cm³/mol. The summed E-state index contributed by atoms with van der Waals surface area (Å²) in [5, 5.41) is 13.5. The van der Waals surface area contributed by atoms with Crippen LogP contribution in [0.15, 0.2) is 24.3 Å². The first-order chi connectivity index (χ1) is 9.68. The molecule has 3 amide bonds. The largest absolute Gasteiger partial charge is 0.481 e. The van der Waals surface area contributed by atoms with Gasteiger partial charge in [-0.1, -0.05) is 13.8 Å². The maximum atomic E-state index is 11.7. The Morgan fingerprint density at radius 3 is 2.24 bits per heavy atom. The monoisotopic (exact) mass is 404 g/mol. The number of imide groups is 1. The molecule has 0 atom stereocenters. The molecule has 0 bridgehead atoms. The Bertz CT molecular complexity index is 540. The van der Waals surface area contributed by atoms with Gasteiger partial charge in [0.2, 0.25) is 5.91 Å². The van der Waals surface area contributed by atoms with Gasteiger partial charge in [0.05, 0.1) is 6.42 Å². The van der Waals surface area contributed by atoms with Gasteiger partial charge in [-0.05, 0) is 52.3 Å². The summed E-state index contributed by atoms with van der Waals surface area (Å²) >= 11 is 2.14. The van der Waals surface area contributed by atoms with E-state index in [1.54, 1.807) is 26.0 Å². The normalized spacial score (nSPS) is 10.8. The van der Waals surface area contributed by atoms with Crippen molar-refractivity contribution in [2.45, 2.75) is 26.7 Å². The molecular weight excluding hydrogens is 387 g/mol. The molecular formula is C14H17IN2O4. The molecule has 0 fully saturated rings. The predicted octanol–water partition coefficient (Wildman–Crippen LogP) is 2.83. The average molecular weight is 404 g/mol. The number of hydrogen-bond donors (Lipinski definition) is 3. The summed E-state index contributed by atoms with van der Waals surface area (Å²) in [6, 6.07) is 6.47. The smallest absolute Gasteiger partial charge is 0.325 e. The highest BCUT2D eigenvalue weighted by Gasteiger charge is 2.25. The number of nitrogens with one attached hydrogen (secondary N) is 2. The van der Waals surface area contributed by atoms with Crippen molar-refractivity contribution >= 4 is 46.2 Å². The lowest BCUT2D eigenvalue weighted by Crippen LogP contribution is -2.37. The van der Waals surface area contributed by atoms with Crippen LogP contribution < -0.4 is 10.6 Å². The van der Waals surface area contributed by atoms with Crippen molar-refractivity contribution in [2.75, 3.05) is 5.32 Å². The standard InChI is InChI=1S/C14H17IN2O4/c1-14(2,8-12(19)20)7-11(18)17-13(21)16-10-5-3-9(15)4-6-10/h3-6H,7-8H2,1-2H3,(H,19,20)(H2,16,17,18,21). The summed E-state index contributed by atoms with van der Waals surface area (Å²) < 4.78 is 1.03. The fraction of sp³-hybridized carbons (Fsp3) is 0.357. The van der Waals surface area contributed by atoms with Gasteiger partial charge in [-0.3, -0.25) is 14.9 Å². The van der Waals surface area contributed by atoms with Gasteiger partial charge in [-0.2, -0.15) is 0 Å². The van der Waals surface area contributed by atoms with Crippen LogP contribution in [-0.4, -0.2) is 23.0 Å². The Hall–Kier alpha value is -1.64. The molecule has 21 heavy (non-hydrogen) atoms.